The van der Waals surface area contributed by atoms with Crippen LogP contribution in [0.3, 0.4) is 0 Å². The van der Waals surface area contributed by atoms with E-state index in [1.165, 1.54) is 12.7 Å². The van der Waals surface area contributed by atoms with E-state index in [1.54, 1.807) is 0 Å². The van der Waals surface area contributed by atoms with Crippen LogP contribution in [0.5, 0.6) is 0 Å². The van der Waals surface area contributed by atoms with Gasteiger partial charge in [0.1, 0.15) is 0 Å². The molecule has 3 heteroatoms. The highest BCUT2D eigenvalue weighted by atomic mass is 32.2. The van der Waals surface area contributed by atoms with Crippen LogP contribution in [0.25, 0.3) is 0 Å². The molecule has 2 aliphatic rings. The number of hydrogen-bond donors (Lipinski definition) is 0. The minimum Gasteiger partial charge on any atom is -0.229 e. The molecule has 2 rings (SSSR count). The maximum atomic E-state index is 11.0. The summed E-state index contributed by atoms with van der Waals surface area (Å²) in [5.41, 5.74) is 0. The van der Waals surface area contributed by atoms with E-state index in [4.69, 9.17) is 0 Å². The molecule has 0 aliphatic heterocycles. The van der Waals surface area contributed by atoms with Gasteiger partial charge in [-0.2, -0.15) is 0 Å². The standard InChI is InChI=1S/C7H12O2S/c1-10(8,9)7-5-3-2-4-6(5)7/h5-7H,2-4H2,1H3. The Bertz CT molecular complexity index is 232. The van der Waals surface area contributed by atoms with E-state index in [0.717, 1.165) is 12.8 Å². The number of hydrogen-bond acceptors (Lipinski definition) is 2. The van der Waals surface area contributed by atoms with Gasteiger partial charge in [0.15, 0.2) is 9.84 Å². The molecule has 0 amide bonds. The molecule has 2 aliphatic carbocycles. The Morgan fingerprint density at radius 1 is 1.20 bits per heavy atom. The van der Waals surface area contributed by atoms with Gasteiger partial charge < -0.3 is 0 Å². The summed E-state index contributed by atoms with van der Waals surface area (Å²) in [7, 11) is -2.69. The third-order valence-corrected chi connectivity index (χ3v) is 4.51. The predicted molar refractivity (Wildman–Crippen MR) is 39.5 cm³/mol. The second-order valence-corrected chi connectivity index (χ2v) is 5.76. The van der Waals surface area contributed by atoms with Crippen LogP contribution in [0.2, 0.25) is 0 Å². The van der Waals surface area contributed by atoms with Crippen molar-refractivity contribution in [3.63, 3.8) is 0 Å². The average Bonchev–Trinajstić information content (AvgIpc) is 2.30. The summed E-state index contributed by atoms with van der Waals surface area (Å²) in [5, 5.41) is 0.0567. The summed E-state index contributed by atoms with van der Waals surface area (Å²) < 4.78 is 22.0. The summed E-state index contributed by atoms with van der Waals surface area (Å²) in [6.45, 7) is 0. The Labute approximate surface area is 61.5 Å². The maximum absolute atomic E-state index is 11.0. The first-order valence-corrected chi connectivity index (χ1v) is 5.75. The zero-order valence-corrected chi connectivity index (χ0v) is 6.89. The van der Waals surface area contributed by atoms with Gasteiger partial charge in [0.05, 0.1) is 5.25 Å². The Morgan fingerprint density at radius 3 is 2.00 bits per heavy atom. The zero-order chi connectivity index (χ0) is 7.35. The van der Waals surface area contributed by atoms with Gasteiger partial charge in [-0.1, -0.05) is 6.42 Å². The van der Waals surface area contributed by atoms with E-state index >= 15 is 0 Å². The molecule has 0 aromatic carbocycles. The zero-order valence-electron chi connectivity index (χ0n) is 6.08. The maximum Gasteiger partial charge on any atom is 0.150 e. The van der Waals surface area contributed by atoms with Crippen LogP contribution in [-0.2, 0) is 9.84 Å². The molecule has 2 nitrogen and oxygen atoms in total. The minimum atomic E-state index is -2.69. The van der Waals surface area contributed by atoms with Crippen LogP contribution in [0, 0.1) is 11.8 Å². The lowest BCUT2D eigenvalue weighted by atomic mass is 10.2. The van der Waals surface area contributed by atoms with Crippen LogP contribution in [0.1, 0.15) is 19.3 Å². The van der Waals surface area contributed by atoms with Crippen molar-refractivity contribution in [3.8, 4) is 0 Å². The largest absolute Gasteiger partial charge is 0.229 e. The number of rotatable bonds is 1. The summed E-state index contributed by atoms with van der Waals surface area (Å²) in [5.74, 6) is 1.10. The molecule has 0 bridgehead atoms. The molecule has 0 aromatic heterocycles. The van der Waals surface area contributed by atoms with Gasteiger partial charge in [-0.25, -0.2) is 8.42 Å². The Morgan fingerprint density at radius 2 is 1.70 bits per heavy atom. The molecule has 2 atom stereocenters. The SMILES string of the molecule is CS(=O)(=O)C1C2CCCC21. The normalized spacial score (nSPS) is 45.1. The fourth-order valence-corrected chi connectivity index (χ4v) is 4.25. The lowest BCUT2D eigenvalue weighted by Gasteiger charge is -1.97. The second kappa shape index (κ2) is 1.76. The number of fused-ring (bicyclic) bond motifs is 1. The van der Waals surface area contributed by atoms with E-state index in [9.17, 15) is 8.42 Å². The first kappa shape index (κ1) is 6.65. The van der Waals surface area contributed by atoms with Crippen molar-refractivity contribution in [3.05, 3.63) is 0 Å². The van der Waals surface area contributed by atoms with Crippen molar-refractivity contribution < 1.29 is 8.42 Å². The molecule has 0 spiro atoms. The number of sulfone groups is 1. The van der Waals surface area contributed by atoms with Crippen LogP contribution in [-0.4, -0.2) is 19.9 Å². The molecule has 58 valence electrons. The van der Waals surface area contributed by atoms with Gasteiger partial charge in [-0.3, -0.25) is 0 Å². The average molecular weight is 160 g/mol. The molecule has 10 heavy (non-hydrogen) atoms. The second-order valence-electron chi connectivity index (χ2n) is 3.55. The molecule has 0 saturated heterocycles. The third kappa shape index (κ3) is 0.797. The molecule has 0 heterocycles. The predicted octanol–water partition coefficient (Wildman–Crippen LogP) is 0.830. The molecule has 0 N–H and O–H groups in total. The summed E-state index contributed by atoms with van der Waals surface area (Å²) in [6.07, 6.45) is 4.93. The van der Waals surface area contributed by atoms with Crippen LogP contribution >= 0.6 is 0 Å². The molecule has 2 fully saturated rings. The third-order valence-electron chi connectivity index (χ3n) is 2.82. The monoisotopic (exact) mass is 160 g/mol. The van der Waals surface area contributed by atoms with E-state index in [0.29, 0.717) is 11.8 Å². The topological polar surface area (TPSA) is 34.1 Å². The van der Waals surface area contributed by atoms with Crippen molar-refractivity contribution in [1.29, 1.82) is 0 Å². The van der Waals surface area contributed by atoms with E-state index in [-0.39, 0.29) is 5.25 Å². The van der Waals surface area contributed by atoms with E-state index in [2.05, 4.69) is 0 Å². The van der Waals surface area contributed by atoms with Gasteiger partial charge in [0, 0.05) is 6.26 Å². The summed E-state index contributed by atoms with van der Waals surface area (Å²) >= 11 is 0. The van der Waals surface area contributed by atoms with Gasteiger partial charge in [0.2, 0.25) is 0 Å². The van der Waals surface area contributed by atoms with E-state index < -0.39 is 9.84 Å². The molecule has 2 unspecified atom stereocenters. The van der Waals surface area contributed by atoms with Gasteiger partial charge in [-0.05, 0) is 24.7 Å². The highest BCUT2D eigenvalue weighted by Crippen LogP contribution is 2.55. The highest BCUT2D eigenvalue weighted by molar-refractivity contribution is 7.91. The quantitative estimate of drug-likeness (QED) is 0.569. The van der Waals surface area contributed by atoms with Crippen molar-refractivity contribution in [2.75, 3.05) is 6.26 Å². The Hall–Kier alpha value is -0.0500. The fourth-order valence-electron chi connectivity index (χ4n) is 2.39. The van der Waals surface area contributed by atoms with Gasteiger partial charge >= 0.3 is 0 Å². The van der Waals surface area contributed by atoms with Crippen LogP contribution in [0.4, 0.5) is 0 Å². The Balaban J connectivity index is 2.15. The minimum absolute atomic E-state index is 0.0567. The van der Waals surface area contributed by atoms with Crippen molar-refractivity contribution in [1.82, 2.24) is 0 Å². The lowest BCUT2D eigenvalue weighted by Crippen LogP contribution is -2.08. The highest BCUT2D eigenvalue weighted by Gasteiger charge is 2.57. The fraction of sp³-hybridized carbons (Fsp3) is 1.00. The molecule has 2 saturated carbocycles. The summed E-state index contributed by atoms with van der Waals surface area (Å²) in [4.78, 5) is 0. The molecule has 0 radical (unpaired) electrons. The van der Waals surface area contributed by atoms with Crippen molar-refractivity contribution in [2.45, 2.75) is 24.5 Å². The first-order valence-electron chi connectivity index (χ1n) is 3.79. The molecular formula is C7H12O2S. The van der Waals surface area contributed by atoms with Crippen LogP contribution < -0.4 is 0 Å². The lowest BCUT2D eigenvalue weighted by molar-refractivity contribution is 0.589. The smallest absolute Gasteiger partial charge is 0.150 e. The van der Waals surface area contributed by atoms with Gasteiger partial charge in [-0.15, -0.1) is 0 Å². The van der Waals surface area contributed by atoms with Crippen molar-refractivity contribution in [2.24, 2.45) is 11.8 Å². The first-order chi connectivity index (χ1) is 4.61. The summed E-state index contributed by atoms with van der Waals surface area (Å²) in [6, 6.07) is 0. The van der Waals surface area contributed by atoms with Gasteiger partial charge in [0.25, 0.3) is 0 Å². The molecular weight excluding hydrogens is 148 g/mol. The molecule has 0 aromatic rings. The Kier molecular flexibility index (Phi) is 1.17. The van der Waals surface area contributed by atoms with E-state index in [1.807, 2.05) is 0 Å². The van der Waals surface area contributed by atoms with Crippen molar-refractivity contribution >= 4 is 9.84 Å². The van der Waals surface area contributed by atoms with Crippen LogP contribution in [0.15, 0.2) is 0 Å².